The van der Waals surface area contributed by atoms with Crippen LogP contribution in [0.5, 0.6) is 0 Å². The van der Waals surface area contributed by atoms with E-state index < -0.39 is 7.60 Å². The minimum atomic E-state index is -3.88. The molecule has 0 aliphatic carbocycles. The average Bonchev–Trinajstić information content (AvgIpc) is 2.06. The maximum atomic E-state index is 9.58. The molecule has 3 nitrogen and oxygen atoms in total. The van der Waals surface area contributed by atoms with Crippen molar-refractivity contribution in [2.45, 2.75) is 6.92 Å². The number of benzene rings is 1. The highest BCUT2D eigenvalue weighted by atomic mass is 31.2. The van der Waals surface area contributed by atoms with Crippen LogP contribution in [0, 0.1) is 6.92 Å². The van der Waals surface area contributed by atoms with Crippen molar-refractivity contribution in [3.8, 4) is 0 Å². The molecule has 1 rings (SSSR count). The van der Waals surface area contributed by atoms with Crippen LogP contribution in [-0.4, -0.2) is 9.79 Å². The first-order valence-corrected chi connectivity index (χ1v) is 5.34. The Morgan fingerprint density at radius 1 is 1.31 bits per heavy atom. The summed E-state index contributed by atoms with van der Waals surface area (Å²) in [7, 11) is -3.88. The van der Waals surface area contributed by atoms with Crippen molar-refractivity contribution >= 4 is 7.60 Å². The van der Waals surface area contributed by atoms with Gasteiger partial charge in [0.15, 0.2) is 0 Å². The molecule has 0 spiro atoms. The SMILES string of the molecule is C=CP(=O)(O)O.Cc1ccccc1. The zero-order valence-electron chi connectivity index (χ0n) is 7.42. The number of rotatable bonds is 1. The average molecular weight is 200 g/mol. The van der Waals surface area contributed by atoms with Crippen molar-refractivity contribution in [3.63, 3.8) is 0 Å². The van der Waals surface area contributed by atoms with Crippen molar-refractivity contribution < 1.29 is 14.4 Å². The van der Waals surface area contributed by atoms with E-state index in [1.54, 1.807) is 0 Å². The standard InChI is InChI=1S/C7H8.C2H5O3P/c1-7-5-3-2-4-6-7;1-2-6(3,4)5/h2-6H,1H3;2H,1H2,(H2,3,4,5). The van der Waals surface area contributed by atoms with Crippen molar-refractivity contribution in [1.29, 1.82) is 0 Å². The summed E-state index contributed by atoms with van der Waals surface area (Å²) < 4.78 is 9.58. The summed E-state index contributed by atoms with van der Waals surface area (Å²) in [5, 5.41) is 0. The van der Waals surface area contributed by atoms with Gasteiger partial charge in [0.05, 0.1) is 0 Å². The first kappa shape index (κ1) is 12.1. The van der Waals surface area contributed by atoms with Gasteiger partial charge in [-0.25, -0.2) is 0 Å². The Balaban J connectivity index is 0.000000226. The molecule has 0 aromatic heterocycles. The second-order valence-electron chi connectivity index (χ2n) is 2.43. The molecule has 0 amide bonds. The molecule has 0 saturated carbocycles. The van der Waals surface area contributed by atoms with Gasteiger partial charge < -0.3 is 9.79 Å². The molecule has 0 bridgehead atoms. The summed E-state index contributed by atoms with van der Waals surface area (Å²) in [4.78, 5) is 15.6. The van der Waals surface area contributed by atoms with E-state index in [0.717, 1.165) is 0 Å². The summed E-state index contributed by atoms with van der Waals surface area (Å²) in [6.07, 6.45) is 0. The van der Waals surface area contributed by atoms with Crippen LogP contribution >= 0.6 is 7.60 Å². The Morgan fingerprint density at radius 3 is 1.85 bits per heavy atom. The molecule has 72 valence electrons. The Bertz CT molecular complexity index is 289. The normalized spacial score (nSPS) is 9.77. The van der Waals surface area contributed by atoms with Gasteiger partial charge in [0.1, 0.15) is 0 Å². The highest BCUT2D eigenvalue weighted by Crippen LogP contribution is 2.34. The van der Waals surface area contributed by atoms with Gasteiger partial charge in [-0.2, -0.15) is 0 Å². The predicted octanol–water partition coefficient (Wildman–Crippen LogP) is 2.30. The van der Waals surface area contributed by atoms with Gasteiger partial charge in [-0.1, -0.05) is 42.5 Å². The van der Waals surface area contributed by atoms with Crippen LogP contribution in [0.1, 0.15) is 5.56 Å². The van der Waals surface area contributed by atoms with E-state index in [2.05, 4.69) is 25.6 Å². The molecule has 2 N–H and O–H groups in total. The van der Waals surface area contributed by atoms with Gasteiger partial charge in [-0.05, 0) is 6.92 Å². The molecule has 0 heterocycles. The summed E-state index contributed by atoms with van der Waals surface area (Å²) in [6.45, 7) is 4.95. The summed E-state index contributed by atoms with van der Waals surface area (Å²) in [5.74, 6) is 0.604. The predicted molar refractivity (Wildman–Crippen MR) is 53.4 cm³/mol. The van der Waals surface area contributed by atoms with Crippen LogP contribution in [0.15, 0.2) is 42.7 Å². The molecular formula is C9H13O3P. The Labute approximate surface area is 77.9 Å². The summed E-state index contributed by atoms with van der Waals surface area (Å²) >= 11 is 0. The molecule has 0 saturated heterocycles. The Kier molecular flexibility index (Phi) is 5.31. The van der Waals surface area contributed by atoms with Crippen LogP contribution in [-0.2, 0) is 4.57 Å². The highest BCUT2D eigenvalue weighted by Gasteiger charge is 2.00. The monoisotopic (exact) mass is 200 g/mol. The fourth-order valence-corrected chi connectivity index (χ4v) is 0.534. The van der Waals surface area contributed by atoms with Gasteiger partial charge in [0.25, 0.3) is 0 Å². The second kappa shape index (κ2) is 5.70. The molecule has 0 aliphatic rings. The van der Waals surface area contributed by atoms with Crippen molar-refractivity contribution in [2.24, 2.45) is 0 Å². The van der Waals surface area contributed by atoms with Crippen molar-refractivity contribution in [1.82, 2.24) is 0 Å². The van der Waals surface area contributed by atoms with E-state index in [-0.39, 0.29) is 0 Å². The fraction of sp³-hybridized carbons (Fsp3) is 0.111. The lowest BCUT2D eigenvalue weighted by molar-refractivity contribution is 0.386. The third kappa shape index (κ3) is 9.02. The van der Waals surface area contributed by atoms with E-state index in [4.69, 9.17) is 9.79 Å². The van der Waals surface area contributed by atoms with Crippen LogP contribution in [0.4, 0.5) is 0 Å². The molecular weight excluding hydrogens is 187 g/mol. The molecule has 4 heteroatoms. The maximum Gasteiger partial charge on any atom is 0.348 e. The number of aryl methyl sites for hydroxylation is 1. The lowest BCUT2D eigenvalue weighted by atomic mass is 10.2. The van der Waals surface area contributed by atoms with Gasteiger partial charge in [0.2, 0.25) is 0 Å². The fourth-order valence-electron chi connectivity index (χ4n) is 0.534. The molecule has 0 unspecified atom stereocenters. The van der Waals surface area contributed by atoms with Crippen molar-refractivity contribution in [2.75, 3.05) is 0 Å². The van der Waals surface area contributed by atoms with Crippen LogP contribution in [0.3, 0.4) is 0 Å². The summed E-state index contributed by atoms with van der Waals surface area (Å²) in [5.41, 5.74) is 1.32. The van der Waals surface area contributed by atoms with Gasteiger partial charge in [0, 0.05) is 5.82 Å². The molecule has 1 aromatic carbocycles. The van der Waals surface area contributed by atoms with Gasteiger partial charge >= 0.3 is 7.60 Å². The molecule has 0 aliphatic heterocycles. The highest BCUT2D eigenvalue weighted by molar-refractivity contribution is 7.55. The molecule has 0 atom stereocenters. The van der Waals surface area contributed by atoms with E-state index in [1.165, 1.54) is 5.56 Å². The summed E-state index contributed by atoms with van der Waals surface area (Å²) in [6, 6.07) is 10.3. The molecule has 0 fully saturated rings. The first-order chi connectivity index (χ1) is 5.95. The Hall–Kier alpha value is -0.890. The number of hydrogen-bond donors (Lipinski definition) is 2. The minimum absolute atomic E-state index is 0.604. The minimum Gasteiger partial charge on any atom is -0.321 e. The second-order valence-corrected chi connectivity index (χ2v) is 3.97. The lowest BCUT2D eigenvalue weighted by Gasteiger charge is -1.87. The van der Waals surface area contributed by atoms with E-state index in [1.807, 2.05) is 18.2 Å². The van der Waals surface area contributed by atoms with Crippen LogP contribution in [0.2, 0.25) is 0 Å². The van der Waals surface area contributed by atoms with Crippen molar-refractivity contribution in [3.05, 3.63) is 48.3 Å². The first-order valence-electron chi connectivity index (χ1n) is 3.66. The Morgan fingerprint density at radius 2 is 1.69 bits per heavy atom. The third-order valence-electron chi connectivity index (χ3n) is 1.18. The van der Waals surface area contributed by atoms with Gasteiger partial charge in [-0.3, -0.25) is 4.57 Å². The van der Waals surface area contributed by atoms with Crippen LogP contribution < -0.4 is 0 Å². The van der Waals surface area contributed by atoms with E-state index in [0.29, 0.717) is 5.82 Å². The van der Waals surface area contributed by atoms with Gasteiger partial charge in [-0.15, -0.1) is 0 Å². The van der Waals surface area contributed by atoms with Crippen LogP contribution in [0.25, 0.3) is 0 Å². The quantitative estimate of drug-likeness (QED) is 0.684. The van der Waals surface area contributed by atoms with E-state index >= 15 is 0 Å². The van der Waals surface area contributed by atoms with E-state index in [9.17, 15) is 4.57 Å². The topological polar surface area (TPSA) is 57.5 Å². The smallest absolute Gasteiger partial charge is 0.321 e. The molecule has 13 heavy (non-hydrogen) atoms. The largest absolute Gasteiger partial charge is 0.348 e. The third-order valence-corrected chi connectivity index (χ3v) is 1.65. The lowest BCUT2D eigenvalue weighted by Crippen LogP contribution is -1.63. The molecule has 0 radical (unpaired) electrons. The molecule has 1 aromatic rings. The number of hydrogen-bond acceptors (Lipinski definition) is 1. The maximum absolute atomic E-state index is 9.58. The zero-order valence-corrected chi connectivity index (χ0v) is 8.32. The zero-order chi connectivity index (χ0) is 10.3.